The molecule has 0 bridgehead atoms. The second kappa shape index (κ2) is 8.36. The van der Waals surface area contributed by atoms with Crippen LogP contribution < -0.4 is 0 Å². The summed E-state index contributed by atoms with van der Waals surface area (Å²) in [6.45, 7) is 8.08. The SMILES string of the molecule is [C-]#[N+]C1(c2ccc(-c3c(C(=O)N4CCN(S(C)(=O)=O)CC4)cnc4ccc(F)cc34)c(F)c2)CC1. The quantitative estimate of drug-likeness (QED) is 0.515. The van der Waals surface area contributed by atoms with Gasteiger partial charge in [0.25, 0.3) is 11.4 Å². The molecule has 2 aliphatic rings. The van der Waals surface area contributed by atoms with E-state index in [1.807, 2.05) is 0 Å². The Labute approximate surface area is 201 Å². The molecule has 2 fully saturated rings. The lowest BCUT2D eigenvalue weighted by Crippen LogP contribution is -2.50. The van der Waals surface area contributed by atoms with Crippen LogP contribution in [0, 0.1) is 18.2 Å². The van der Waals surface area contributed by atoms with Crippen LogP contribution in [-0.2, 0) is 15.6 Å². The van der Waals surface area contributed by atoms with Gasteiger partial charge in [0.1, 0.15) is 11.6 Å². The zero-order valence-electron chi connectivity index (χ0n) is 19.0. The number of halogens is 2. The van der Waals surface area contributed by atoms with E-state index in [1.54, 1.807) is 6.07 Å². The van der Waals surface area contributed by atoms with Crippen molar-refractivity contribution in [3.8, 4) is 11.1 Å². The Morgan fingerprint density at radius 2 is 1.80 bits per heavy atom. The van der Waals surface area contributed by atoms with E-state index in [0.717, 1.165) is 6.26 Å². The Kier molecular flexibility index (Phi) is 5.57. The molecule has 180 valence electrons. The van der Waals surface area contributed by atoms with Gasteiger partial charge in [-0.1, -0.05) is 12.1 Å². The normalized spacial score (nSPS) is 17.8. The third kappa shape index (κ3) is 4.15. The molecule has 0 radical (unpaired) electrons. The van der Waals surface area contributed by atoms with E-state index in [-0.39, 0.29) is 42.9 Å². The molecule has 2 heterocycles. The predicted molar refractivity (Wildman–Crippen MR) is 127 cm³/mol. The van der Waals surface area contributed by atoms with Gasteiger partial charge < -0.3 is 9.74 Å². The van der Waals surface area contributed by atoms with Gasteiger partial charge in [-0.05, 0) is 24.3 Å². The fraction of sp³-hybridized carbons (Fsp3) is 0.320. The van der Waals surface area contributed by atoms with Crippen molar-refractivity contribution in [3.05, 3.63) is 76.8 Å². The van der Waals surface area contributed by atoms with Gasteiger partial charge in [0.2, 0.25) is 10.0 Å². The molecule has 1 saturated carbocycles. The Bertz CT molecular complexity index is 1510. The molecule has 0 unspecified atom stereocenters. The van der Waals surface area contributed by atoms with Crippen LogP contribution in [0.15, 0.2) is 42.6 Å². The molecular weight excluding hydrogens is 474 g/mol. The average Bonchev–Trinajstić information content (AvgIpc) is 3.64. The summed E-state index contributed by atoms with van der Waals surface area (Å²) in [5.41, 5.74) is 0.747. The molecule has 1 amide bonds. The first-order valence-electron chi connectivity index (χ1n) is 11.1. The molecule has 1 aromatic heterocycles. The lowest BCUT2D eigenvalue weighted by molar-refractivity contribution is 0.0699. The minimum Gasteiger partial charge on any atom is -0.336 e. The maximum absolute atomic E-state index is 15.5. The van der Waals surface area contributed by atoms with Gasteiger partial charge in [-0.2, -0.15) is 4.31 Å². The van der Waals surface area contributed by atoms with Crippen LogP contribution >= 0.6 is 0 Å². The number of carbonyl (C=O) groups excluding carboxylic acids is 1. The molecule has 5 rings (SSSR count). The molecule has 0 spiro atoms. The van der Waals surface area contributed by atoms with Crippen LogP contribution in [0.1, 0.15) is 28.8 Å². The van der Waals surface area contributed by atoms with Crippen molar-refractivity contribution in [2.45, 2.75) is 18.4 Å². The third-order valence-corrected chi connectivity index (χ3v) is 8.07. The number of nitrogens with zero attached hydrogens (tertiary/aromatic N) is 4. The van der Waals surface area contributed by atoms with Crippen LogP contribution in [0.3, 0.4) is 0 Å². The van der Waals surface area contributed by atoms with E-state index in [0.29, 0.717) is 29.3 Å². The average molecular weight is 497 g/mol. The largest absolute Gasteiger partial charge is 0.336 e. The summed E-state index contributed by atoms with van der Waals surface area (Å²) in [5.74, 6) is -1.59. The highest BCUT2D eigenvalue weighted by atomic mass is 32.2. The van der Waals surface area contributed by atoms with E-state index in [9.17, 15) is 17.6 Å². The van der Waals surface area contributed by atoms with E-state index >= 15 is 4.39 Å². The highest BCUT2D eigenvalue weighted by Crippen LogP contribution is 2.50. The Balaban J connectivity index is 1.60. The summed E-state index contributed by atoms with van der Waals surface area (Å²) >= 11 is 0. The van der Waals surface area contributed by atoms with Gasteiger partial charge in [0.15, 0.2) is 0 Å². The lowest BCUT2D eigenvalue weighted by Gasteiger charge is -2.33. The molecule has 1 aliphatic carbocycles. The number of benzene rings is 2. The molecule has 7 nitrogen and oxygen atoms in total. The van der Waals surface area contributed by atoms with Gasteiger partial charge in [-0.3, -0.25) is 9.78 Å². The zero-order chi connectivity index (χ0) is 25.0. The maximum Gasteiger partial charge on any atom is 0.258 e. The number of sulfonamides is 1. The Morgan fingerprint density at radius 3 is 2.40 bits per heavy atom. The summed E-state index contributed by atoms with van der Waals surface area (Å²) in [5, 5.41) is 0.295. The molecule has 1 aliphatic heterocycles. The van der Waals surface area contributed by atoms with Crippen molar-refractivity contribution in [2.75, 3.05) is 32.4 Å². The summed E-state index contributed by atoms with van der Waals surface area (Å²) in [6, 6.07) is 8.49. The Hall–Kier alpha value is -3.42. The van der Waals surface area contributed by atoms with Gasteiger partial charge in [-0.15, -0.1) is 0 Å². The van der Waals surface area contributed by atoms with E-state index in [2.05, 4.69) is 9.83 Å². The zero-order valence-corrected chi connectivity index (χ0v) is 19.8. The first-order valence-corrected chi connectivity index (χ1v) is 13.0. The van der Waals surface area contributed by atoms with E-state index in [1.165, 1.54) is 45.7 Å². The molecule has 10 heteroatoms. The van der Waals surface area contributed by atoms with Crippen LogP contribution in [-0.4, -0.2) is 60.9 Å². The molecule has 35 heavy (non-hydrogen) atoms. The van der Waals surface area contributed by atoms with Crippen molar-refractivity contribution in [3.63, 3.8) is 0 Å². The predicted octanol–water partition coefficient (Wildman–Crippen LogP) is 3.81. The van der Waals surface area contributed by atoms with Crippen LogP contribution in [0.5, 0.6) is 0 Å². The third-order valence-electron chi connectivity index (χ3n) is 6.77. The number of amides is 1. The smallest absolute Gasteiger partial charge is 0.258 e. The second-order valence-electron chi connectivity index (χ2n) is 9.00. The Morgan fingerprint density at radius 1 is 1.09 bits per heavy atom. The standard InChI is InChI=1S/C25H22F2N4O3S/c1-28-25(7-8-25)16-3-5-18(21(27)13-16)23-19-14-17(26)4-6-22(19)29-15-20(23)24(32)30-9-11-31(12-10-30)35(2,33)34/h3-6,13-15H,7-12H2,2H3. The highest BCUT2D eigenvalue weighted by Gasteiger charge is 2.52. The molecule has 2 aromatic carbocycles. The number of pyridine rings is 1. The fourth-order valence-corrected chi connectivity index (χ4v) is 5.43. The summed E-state index contributed by atoms with van der Waals surface area (Å²) in [6.07, 6.45) is 3.82. The van der Waals surface area contributed by atoms with Crippen LogP contribution in [0.4, 0.5) is 8.78 Å². The van der Waals surface area contributed by atoms with Gasteiger partial charge in [0.05, 0.1) is 17.3 Å². The number of rotatable bonds is 4. The summed E-state index contributed by atoms with van der Waals surface area (Å²) in [4.78, 5) is 23.0. The van der Waals surface area contributed by atoms with Crippen molar-refractivity contribution in [1.82, 2.24) is 14.2 Å². The van der Waals surface area contributed by atoms with Gasteiger partial charge in [0, 0.05) is 67.3 Å². The number of carbonyl (C=O) groups is 1. The minimum absolute atomic E-state index is 0.105. The molecule has 0 N–H and O–H groups in total. The minimum atomic E-state index is -3.37. The van der Waals surface area contributed by atoms with E-state index in [4.69, 9.17) is 6.57 Å². The second-order valence-corrected chi connectivity index (χ2v) is 11.0. The number of hydrogen-bond donors (Lipinski definition) is 0. The monoisotopic (exact) mass is 496 g/mol. The number of hydrogen-bond acceptors (Lipinski definition) is 4. The van der Waals surface area contributed by atoms with E-state index < -0.39 is 33.1 Å². The molecule has 1 saturated heterocycles. The summed E-state index contributed by atoms with van der Waals surface area (Å²) in [7, 11) is -3.37. The molecule has 0 atom stereocenters. The lowest BCUT2D eigenvalue weighted by atomic mass is 9.93. The maximum atomic E-state index is 15.5. The number of aromatic nitrogens is 1. The van der Waals surface area contributed by atoms with Crippen LogP contribution in [0.25, 0.3) is 26.9 Å². The van der Waals surface area contributed by atoms with Gasteiger partial charge >= 0.3 is 0 Å². The highest BCUT2D eigenvalue weighted by molar-refractivity contribution is 7.88. The fourth-order valence-electron chi connectivity index (χ4n) is 4.60. The molecular formula is C25H22F2N4O3S. The first kappa shape index (κ1) is 23.3. The van der Waals surface area contributed by atoms with Crippen molar-refractivity contribution >= 4 is 26.8 Å². The topological polar surface area (TPSA) is 74.9 Å². The van der Waals surface area contributed by atoms with Crippen molar-refractivity contribution < 1.29 is 22.0 Å². The number of piperazine rings is 1. The van der Waals surface area contributed by atoms with Gasteiger partial charge in [-0.25, -0.2) is 23.8 Å². The molecule has 3 aromatic rings. The van der Waals surface area contributed by atoms with Crippen molar-refractivity contribution in [2.24, 2.45) is 0 Å². The first-order chi connectivity index (χ1) is 16.6. The summed E-state index contributed by atoms with van der Waals surface area (Å²) < 4.78 is 54.7. The van der Waals surface area contributed by atoms with Crippen molar-refractivity contribution in [1.29, 1.82) is 0 Å². The number of fused-ring (bicyclic) bond motifs is 1. The van der Waals surface area contributed by atoms with Crippen LogP contribution in [0.2, 0.25) is 0 Å².